The van der Waals surface area contributed by atoms with Crippen molar-refractivity contribution in [1.82, 2.24) is 5.32 Å². The van der Waals surface area contributed by atoms with Gasteiger partial charge >= 0.3 is 0 Å². The summed E-state index contributed by atoms with van der Waals surface area (Å²) in [5, 5.41) is 3.62. The molecule has 1 saturated carbocycles. The lowest BCUT2D eigenvalue weighted by Gasteiger charge is -2.28. The second-order valence-corrected chi connectivity index (χ2v) is 5.49. The zero-order chi connectivity index (χ0) is 13.0. The Balaban J connectivity index is 1.91. The second-order valence-electron chi connectivity index (χ2n) is 5.08. The molecule has 1 aliphatic rings. The SMILES string of the molecule is CCC1CCC(NC(=O)c2ccccc2Cl)CC1. The summed E-state index contributed by atoms with van der Waals surface area (Å²) in [5.41, 5.74) is 0.580. The molecule has 0 heterocycles. The van der Waals surface area contributed by atoms with Crippen LogP contribution < -0.4 is 5.32 Å². The highest BCUT2D eigenvalue weighted by Crippen LogP contribution is 2.26. The number of rotatable bonds is 3. The average Bonchev–Trinajstić information content (AvgIpc) is 2.40. The predicted octanol–water partition coefficient (Wildman–Crippen LogP) is 4.04. The highest BCUT2D eigenvalue weighted by atomic mass is 35.5. The molecule has 98 valence electrons. The number of nitrogens with one attached hydrogen (secondary N) is 1. The summed E-state index contributed by atoms with van der Waals surface area (Å²) in [6, 6.07) is 7.52. The molecule has 0 aromatic heterocycles. The van der Waals surface area contributed by atoms with Gasteiger partial charge in [0.05, 0.1) is 10.6 Å². The van der Waals surface area contributed by atoms with E-state index in [0.717, 1.165) is 18.8 Å². The van der Waals surface area contributed by atoms with Gasteiger partial charge < -0.3 is 5.32 Å². The molecule has 0 aliphatic heterocycles. The van der Waals surface area contributed by atoms with Crippen molar-refractivity contribution in [3.05, 3.63) is 34.9 Å². The first-order valence-electron chi connectivity index (χ1n) is 6.76. The largest absolute Gasteiger partial charge is 0.349 e. The molecule has 0 saturated heterocycles. The normalized spacial score (nSPS) is 23.7. The van der Waals surface area contributed by atoms with E-state index in [0.29, 0.717) is 16.6 Å². The molecular weight excluding hydrogens is 246 g/mol. The lowest BCUT2D eigenvalue weighted by atomic mass is 9.84. The van der Waals surface area contributed by atoms with E-state index in [2.05, 4.69) is 12.2 Å². The van der Waals surface area contributed by atoms with Crippen LogP contribution in [0.25, 0.3) is 0 Å². The van der Waals surface area contributed by atoms with Gasteiger partial charge in [0.15, 0.2) is 0 Å². The third-order valence-electron chi connectivity index (χ3n) is 3.88. The van der Waals surface area contributed by atoms with Crippen molar-refractivity contribution in [3.63, 3.8) is 0 Å². The standard InChI is InChI=1S/C15H20ClNO/c1-2-11-7-9-12(10-8-11)17-15(18)13-5-3-4-6-14(13)16/h3-6,11-12H,2,7-10H2,1H3,(H,17,18). The Morgan fingerprint density at radius 1 is 1.28 bits per heavy atom. The molecular formula is C15H20ClNO. The van der Waals surface area contributed by atoms with Gasteiger partial charge in [0.25, 0.3) is 5.91 Å². The van der Waals surface area contributed by atoms with Crippen LogP contribution in [0.5, 0.6) is 0 Å². The first kappa shape index (κ1) is 13.4. The van der Waals surface area contributed by atoms with Gasteiger partial charge in [-0.2, -0.15) is 0 Å². The molecule has 0 spiro atoms. The van der Waals surface area contributed by atoms with E-state index in [1.165, 1.54) is 19.3 Å². The predicted molar refractivity (Wildman–Crippen MR) is 75.0 cm³/mol. The van der Waals surface area contributed by atoms with E-state index < -0.39 is 0 Å². The van der Waals surface area contributed by atoms with Crippen LogP contribution >= 0.6 is 11.6 Å². The van der Waals surface area contributed by atoms with Crippen molar-refractivity contribution < 1.29 is 4.79 Å². The van der Waals surface area contributed by atoms with Crippen molar-refractivity contribution in [2.45, 2.75) is 45.1 Å². The molecule has 0 atom stereocenters. The molecule has 3 heteroatoms. The summed E-state index contributed by atoms with van der Waals surface area (Å²) in [6.07, 6.45) is 5.89. The third kappa shape index (κ3) is 3.26. The van der Waals surface area contributed by atoms with Crippen molar-refractivity contribution >= 4 is 17.5 Å². The van der Waals surface area contributed by atoms with Crippen LogP contribution in [0.2, 0.25) is 5.02 Å². The topological polar surface area (TPSA) is 29.1 Å². The molecule has 18 heavy (non-hydrogen) atoms. The van der Waals surface area contributed by atoms with Crippen LogP contribution in [0.4, 0.5) is 0 Å². The molecule has 2 nitrogen and oxygen atoms in total. The number of carbonyl (C=O) groups excluding carboxylic acids is 1. The minimum absolute atomic E-state index is 0.0412. The molecule has 1 aromatic rings. The Hall–Kier alpha value is -1.02. The van der Waals surface area contributed by atoms with Crippen molar-refractivity contribution in [2.24, 2.45) is 5.92 Å². The van der Waals surface area contributed by atoms with Gasteiger partial charge in [-0.15, -0.1) is 0 Å². The van der Waals surface area contributed by atoms with Crippen molar-refractivity contribution in [1.29, 1.82) is 0 Å². The summed E-state index contributed by atoms with van der Waals surface area (Å²) in [5.74, 6) is 0.805. The lowest BCUT2D eigenvalue weighted by Crippen LogP contribution is -2.37. The van der Waals surface area contributed by atoms with Gasteiger partial charge in [-0.1, -0.05) is 37.1 Å². The van der Waals surface area contributed by atoms with E-state index in [1.807, 2.05) is 12.1 Å². The summed E-state index contributed by atoms with van der Waals surface area (Å²) < 4.78 is 0. The van der Waals surface area contributed by atoms with Gasteiger partial charge in [-0.25, -0.2) is 0 Å². The Morgan fingerprint density at radius 2 is 1.94 bits per heavy atom. The maximum atomic E-state index is 12.1. The number of hydrogen-bond acceptors (Lipinski definition) is 1. The monoisotopic (exact) mass is 265 g/mol. The molecule has 0 bridgehead atoms. The molecule has 1 N–H and O–H groups in total. The van der Waals surface area contributed by atoms with E-state index >= 15 is 0 Å². The number of benzene rings is 1. The van der Waals surface area contributed by atoms with E-state index in [1.54, 1.807) is 12.1 Å². The molecule has 1 aliphatic carbocycles. The molecule has 0 unspecified atom stereocenters. The average molecular weight is 266 g/mol. The minimum Gasteiger partial charge on any atom is -0.349 e. The fourth-order valence-corrected chi connectivity index (χ4v) is 2.85. The number of amides is 1. The summed E-state index contributed by atoms with van der Waals surface area (Å²) >= 11 is 6.02. The maximum Gasteiger partial charge on any atom is 0.253 e. The number of halogens is 1. The number of hydrogen-bond donors (Lipinski definition) is 1. The lowest BCUT2D eigenvalue weighted by molar-refractivity contribution is 0.0922. The van der Waals surface area contributed by atoms with Crippen LogP contribution in [-0.4, -0.2) is 11.9 Å². The summed E-state index contributed by atoms with van der Waals surface area (Å²) in [6.45, 7) is 2.24. The third-order valence-corrected chi connectivity index (χ3v) is 4.21. The molecule has 1 amide bonds. The van der Waals surface area contributed by atoms with E-state index in [4.69, 9.17) is 11.6 Å². The van der Waals surface area contributed by atoms with Crippen LogP contribution in [0, 0.1) is 5.92 Å². The summed E-state index contributed by atoms with van der Waals surface area (Å²) in [4.78, 5) is 12.1. The van der Waals surface area contributed by atoms with Crippen LogP contribution in [0.1, 0.15) is 49.4 Å². The molecule has 1 fully saturated rings. The van der Waals surface area contributed by atoms with Gasteiger partial charge in [-0.05, 0) is 43.7 Å². The van der Waals surface area contributed by atoms with Crippen molar-refractivity contribution in [2.75, 3.05) is 0 Å². The molecule has 0 radical (unpaired) electrons. The molecule has 2 rings (SSSR count). The van der Waals surface area contributed by atoms with Crippen LogP contribution in [-0.2, 0) is 0 Å². The van der Waals surface area contributed by atoms with Crippen LogP contribution in [0.3, 0.4) is 0 Å². The van der Waals surface area contributed by atoms with Gasteiger partial charge in [0, 0.05) is 6.04 Å². The van der Waals surface area contributed by atoms with E-state index in [9.17, 15) is 4.79 Å². The van der Waals surface area contributed by atoms with Gasteiger partial charge in [0.2, 0.25) is 0 Å². The number of carbonyl (C=O) groups is 1. The highest BCUT2D eigenvalue weighted by molar-refractivity contribution is 6.33. The van der Waals surface area contributed by atoms with Gasteiger partial charge in [-0.3, -0.25) is 4.79 Å². The molecule has 1 aromatic carbocycles. The van der Waals surface area contributed by atoms with Gasteiger partial charge in [0.1, 0.15) is 0 Å². The minimum atomic E-state index is -0.0412. The smallest absolute Gasteiger partial charge is 0.253 e. The summed E-state index contributed by atoms with van der Waals surface area (Å²) in [7, 11) is 0. The maximum absolute atomic E-state index is 12.1. The first-order valence-corrected chi connectivity index (χ1v) is 7.14. The highest BCUT2D eigenvalue weighted by Gasteiger charge is 2.22. The fourth-order valence-electron chi connectivity index (χ4n) is 2.62. The zero-order valence-corrected chi connectivity index (χ0v) is 11.5. The van der Waals surface area contributed by atoms with E-state index in [-0.39, 0.29) is 5.91 Å². The Kier molecular flexibility index (Phi) is 4.65. The Morgan fingerprint density at radius 3 is 2.56 bits per heavy atom. The van der Waals surface area contributed by atoms with Crippen molar-refractivity contribution in [3.8, 4) is 0 Å². The Labute approximate surface area is 114 Å². The fraction of sp³-hybridized carbons (Fsp3) is 0.533. The Bertz CT molecular complexity index is 411. The zero-order valence-electron chi connectivity index (χ0n) is 10.8. The first-order chi connectivity index (χ1) is 8.70. The van der Waals surface area contributed by atoms with Crippen LogP contribution in [0.15, 0.2) is 24.3 Å². The quantitative estimate of drug-likeness (QED) is 0.878. The second kappa shape index (κ2) is 6.24.